The number of aromatic nitrogens is 1. The van der Waals surface area contributed by atoms with Gasteiger partial charge in [-0.05, 0) is 17.7 Å². The van der Waals surface area contributed by atoms with Crippen molar-refractivity contribution in [3.63, 3.8) is 0 Å². The van der Waals surface area contributed by atoms with Crippen LogP contribution in [0, 0.1) is 0 Å². The van der Waals surface area contributed by atoms with E-state index < -0.39 is 15.0 Å². The van der Waals surface area contributed by atoms with Gasteiger partial charge in [0.2, 0.25) is 0 Å². The Labute approximate surface area is 125 Å². The molecular weight excluding hydrogens is 320 g/mol. The van der Waals surface area contributed by atoms with Crippen molar-refractivity contribution in [2.45, 2.75) is 11.4 Å². The van der Waals surface area contributed by atoms with Crippen LogP contribution in [0.5, 0.6) is 5.75 Å². The molecule has 0 aliphatic rings. The summed E-state index contributed by atoms with van der Waals surface area (Å²) in [5.74, 6) is -0.300. The maximum atomic E-state index is 11.7. The smallest absolute Gasteiger partial charge is 0.273 e. The van der Waals surface area contributed by atoms with Crippen molar-refractivity contribution >= 4 is 25.6 Å². The summed E-state index contributed by atoms with van der Waals surface area (Å²) >= 11 is 0. The lowest BCUT2D eigenvalue weighted by Crippen LogP contribution is -2.23. The highest BCUT2D eigenvalue weighted by Crippen LogP contribution is 2.27. The fourth-order valence-electron chi connectivity index (χ4n) is 1.62. The van der Waals surface area contributed by atoms with Crippen molar-refractivity contribution < 1.29 is 22.5 Å². The number of halogens is 1. The molecule has 1 aromatic heterocycles. The molecule has 2 rings (SSSR count). The molecule has 0 saturated heterocycles. The fourth-order valence-corrected chi connectivity index (χ4v) is 2.67. The third kappa shape index (κ3) is 3.73. The standard InChI is InChI=1S/C12H11ClN2O5S/c1-19-10-3-2-8(6-11(10)21(13,17)18)7-14-12(16)9-4-5-20-15-9/h2-6H,7H2,1H3,(H,14,16). The monoisotopic (exact) mass is 330 g/mol. The van der Waals surface area contributed by atoms with Gasteiger partial charge in [0.25, 0.3) is 15.0 Å². The van der Waals surface area contributed by atoms with Crippen LogP contribution in [-0.4, -0.2) is 26.6 Å². The second-order valence-corrected chi connectivity index (χ2v) is 6.52. The first kappa shape index (κ1) is 15.3. The van der Waals surface area contributed by atoms with Gasteiger partial charge >= 0.3 is 0 Å². The molecule has 21 heavy (non-hydrogen) atoms. The Morgan fingerprint density at radius 2 is 2.19 bits per heavy atom. The van der Waals surface area contributed by atoms with Crippen LogP contribution in [0.4, 0.5) is 0 Å². The van der Waals surface area contributed by atoms with Crippen LogP contribution >= 0.6 is 10.7 Å². The minimum atomic E-state index is -3.94. The summed E-state index contributed by atoms with van der Waals surface area (Å²) in [7, 11) is 2.74. The number of benzene rings is 1. The van der Waals surface area contributed by atoms with Gasteiger partial charge in [0.05, 0.1) is 7.11 Å². The van der Waals surface area contributed by atoms with E-state index in [9.17, 15) is 13.2 Å². The Morgan fingerprint density at radius 3 is 2.76 bits per heavy atom. The topological polar surface area (TPSA) is 98.5 Å². The molecule has 0 unspecified atom stereocenters. The Balaban J connectivity index is 2.16. The number of hydrogen-bond acceptors (Lipinski definition) is 6. The van der Waals surface area contributed by atoms with Gasteiger partial charge in [-0.2, -0.15) is 0 Å². The molecule has 0 fully saturated rings. The first-order valence-electron chi connectivity index (χ1n) is 5.72. The first-order valence-corrected chi connectivity index (χ1v) is 8.03. The van der Waals surface area contributed by atoms with Crippen molar-refractivity contribution in [1.29, 1.82) is 0 Å². The van der Waals surface area contributed by atoms with E-state index in [0.717, 1.165) is 0 Å². The van der Waals surface area contributed by atoms with Crippen molar-refractivity contribution in [3.8, 4) is 5.75 Å². The van der Waals surface area contributed by atoms with E-state index in [1.807, 2.05) is 0 Å². The molecule has 9 heteroatoms. The lowest BCUT2D eigenvalue weighted by atomic mass is 10.2. The summed E-state index contributed by atoms with van der Waals surface area (Å²) in [6, 6.07) is 5.84. The van der Waals surface area contributed by atoms with Crippen LogP contribution in [-0.2, 0) is 15.6 Å². The minimum absolute atomic E-state index is 0.106. The molecule has 1 heterocycles. The molecule has 7 nitrogen and oxygen atoms in total. The predicted octanol–water partition coefficient (Wildman–Crippen LogP) is 1.54. The molecule has 0 aliphatic carbocycles. The van der Waals surface area contributed by atoms with E-state index in [-0.39, 0.29) is 22.9 Å². The van der Waals surface area contributed by atoms with Gasteiger partial charge in [0.1, 0.15) is 16.9 Å². The largest absolute Gasteiger partial charge is 0.495 e. The third-order valence-corrected chi connectivity index (χ3v) is 3.96. The predicted molar refractivity (Wildman–Crippen MR) is 73.7 cm³/mol. The first-order chi connectivity index (χ1) is 9.91. The molecule has 1 amide bonds. The number of carbonyl (C=O) groups is 1. The third-order valence-electron chi connectivity index (χ3n) is 2.61. The van der Waals surface area contributed by atoms with Crippen molar-refractivity contribution in [2.24, 2.45) is 0 Å². The van der Waals surface area contributed by atoms with Crippen LogP contribution in [0.2, 0.25) is 0 Å². The Kier molecular flexibility index (Phi) is 4.49. The van der Waals surface area contributed by atoms with Crippen LogP contribution < -0.4 is 10.1 Å². The van der Waals surface area contributed by atoms with Gasteiger partial charge in [0.15, 0.2) is 5.69 Å². The molecular formula is C12H11ClN2O5S. The van der Waals surface area contributed by atoms with E-state index in [1.54, 1.807) is 6.07 Å². The Bertz CT molecular complexity index is 743. The number of rotatable bonds is 5. The Morgan fingerprint density at radius 1 is 1.43 bits per heavy atom. The molecule has 0 atom stereocenters. The molecule has 0 saturated carbocycles. The lowest BCUT2D eigenvalue weighted by molar-refractivity contribution is 0.0942. The summed E-state index contributed by atoms with van der Waals surface area (Å²) in [4.78, 5) is 11.5. The van der Waals surface area contributed by atoms with Crippen LogP contribution in [0.3, 0.4) is 0 Å². The van der Waals surface area contributed by atoms with Crippen LogP contribution in [0.15, 0.2) is 39.9 Å². The number of ether oxygens (including phenoxy) is 1. The number of methoxy groups -OCH3 is 1. The number of nitrogens with one attached hydrogen (secondary N) is 1. The highest BCUT2D eigenvalue weighted by Gasteiger charge is 2.17. The van der Waals surface area contributed by atoms with Gasteiger partial charge in [0, 0.05) is 23.3 Å². The zero-order valence-corrected chi connectivity index (χ0v) is 12.4. The normalized spacial score (nSPS) is 11.1. The molecule has 0 aliphatic heterocycles. The molecule has 112 valence electrons. The van der Waals surface area contributed by atoms with Crippen LogP contribution in [0.1, 0.15) is 16.1 Å². The van der Waals surface area contributed by atoms with Gasteiger partial charge in [-0.1, -0.05) is 11.2 Å². The summed E-state index contributed by atoms with van der Waals surface area (Å²) < 4.78 is 32.4. The summed E-state index contributed by atoms with van der Waals surface area (Å²) in [6.45, 7) is 0.106. The van der Waals surface area contributed by atoms with Gasteiger partial charge < -0.3 is 14.6 Å². The van der Waals surface area contributed by atoms with E-state index >= 15 is 0 Å². The number of amides is 1. The maximum absolute atomic E-state index is 11.7. The quantitative estimate of drug-likeness (QED) is 0.835. The second-order valence-electron chi connectivity index (χ2n) is 3.99. The molecule has 0 bridgehead atoms. The van der Waals surface area contributed by atoms with Crippen molar-refractivity contribution in [3.05, 3.63) is 41.8 Å². The highest BCUT2D eigenvalue weighted by molar-refractivity contribution is 8.13. The van der Waals surface area contributed by atoms with Gasteiger partial charge in [-0.15, -0.1) is 0 Å². The average Bonchev–Trinajstić information content (AvgIpc) is 2.97. The second kappa shape index (κ2) is 6.15. The Hall–Kier alpha value is -2.06. The molecule has 1 aromatic carbocycles. The van der Waals surface area contributed by atoms with Crippen molar-refractivity contribution in [1.82, 2.24) is 10.5 Å². The zero-order chi connectivity index (χ0) is 15.5. The average molecular weight is 331 g/mol. The molecule has 0 radical (unpaired) electrons. The summed E-state index contributed by atoms with van der Waals surface area (Å²) in [5.41, 5.74) is 0.681. The van der Waals surface area contributed by atoms with E-state index in [1.165, 1.54) is 31.6 Å². The van der Waals surface area contributed by atoms with Gasteiger partial charge in [-0.25, -0.2) is 8.42 Å². The molecule has 1 N–H and O–H groups in total. The summed E-state index contributed by atoms with van der Waals surface area (Å²) in [5, 5.41) is 6.07. The molecule has 0 spiro atoms. The highest BCUT2D eigenvalue weighted by atomic mass is 35.7. The molecule has 2 aromatic rings. The van der Waals surface area contributed by atoms with E-state index in [4.69, 9.17) is 15.4 Å². The number of carbonyl (C=O) groups excluding carboxylic acids is 1. The van der Waals surface area contributed by atoms with Crippen molar-refractivity contribution in [2.75, 3.05) is 7.11 Å². The van der Waals surface area contributed by atoms with E-state index in [2.05, 4.69) is 15.0 Å². The minimum Gasteiger partial charge on any atom is -0.495 e. The number of nitrogens with zero attached hydrogens (tertiary/aromatic N) is 1. The number of hydrogen-bond donors (Lipinski definition) is 1. The van der Waals surface area contributed by atoms with Crippen LogP contribution in [0.25, 0.3) is 0 Å². The zero-order valence-electron chi connectivity index (χ0n) is 10.9. The van der Waals surface area contributed by atoms with E-state index in [0.29, 0.717) is 5.56 Å². The fraction of sp³-hybridized carbons (Fsp3) is 0.167. The maximum Gasteiger partial charge on any atom is 0.273 e. The SMILES string of the molecule is COc1ccc(CNC(=O)c2ccon2)cc1S(=O)(=O)Cl. The summed E-state index contributed by atoms with van der Waals surface area (Å²) in [6.07, 6.45) is 1.28. The van der Waals surface area contributed by atoms with Gasteiger partial charge in [-0.3, -0.25) is 4.79 Å². The lowest BCUT2D eigenvalue weighted by Gasteiger charge is -2.09.